The minimum atomic E-state index is -1.06. The first-order valence-corrected chi connectivity index (χ1v) is 8.75. The van der Waals surface area contributed by atoms with Crippen LogP contribution in [-0.4, -0.2) is 71.7 Å². The van der Waals surface area contributed by atoms with Crippen LogP contribution in [0.4, 0.5) is 8.78 Å². The zero-order valence-corrected chi connectivity index (χ0v) is 14.4. The van der Waals surface area contributed by atoms with Gasteiger partial charge in [-0.15, -0.1) is 0 Å². The van der Waals surface area contributed by atoms with Gasteiger partial charge in [-0.25, -0.2) is 8.78 Å². The molecule has 2 heterocycles. The lowest BCUT2D eigenvalue weighted by molar-refractivity contribution is -0.142. The number of hydrogen-bond donors (Lipinski definition) is 0. The molecule has 140 valence electrons. The molecule has 1 aromatic rings. The fraction of sp³-hybridized carbons (Fsp3) is 0.500. The van der Waals surface area contributed by atoms with E-state index >= 15 is 0 Å². The van der Waals surface area contributed by atoms with Crippen molar-refractivity contribution in [2.45, 2.75) is 19.3 Å². The predicted octanol–water partition coefficient (Wildman–Crippen LogP) is 1.26. The number of piperazine rings is 1. The minimum absolute atomic E-state index is 0.0109. The van der Waals surface area contributed by atoms with Crippen molar-refractivity contribution in [3.05, 3.63) is 35.4 Å². The number of benzene rings is 1. The van der Waals surface area contributed by atoms with E-state index < -0.39 is 11.6 Å². The van der Waals surface area contributed by atoms with Crippen LogP contribution in [0.25, 0.3) is 0 Å². The summed E-state index contributed by atoms with van der Waals surface area (Å²) in [4.78, 5) is 41.3. The smallest absolute Gasteiger partial charge is 0.254 e. The Bertz CT molecular complexity index is 718. The van der Waals surface area contributed by atoms with E-state index in [2.05, 4.69) is 0 Å². The van der Waals surface area contributed by atoms with Crippen molar-refractivity contribution in [2.24, 2.45) is 0 Å². The van der Waals surface area contributed by atoms with E-state index in [1.165, 1.54) is 11.0 Å². The topological polar surface area (TPSA) is 60.9 Å². The molecule has 0 N–H and O–H groups in total. The SMILES string of the molecule is O=C(CN1CCCCC1=O)N1CCN(C(=O)c2ccc(F)c(F)c2)CC1. The Labute approximate surface area is 150 Å². The molecule has 2 aliphatic rings. The average Bonchev–Trinajstić information content (AvgIpc) is 2.65. The molecule has 3 amide bonds. The van der Waals surface area contributed by atoms with E-state index in [-0.39, 0.29) is 29.8 Å². The lowest BCUT2D eigenvalue weighted by Crippen LogP contribution is -2.53. The Morgan fingerprint density at radius 1 is 0.923 bits per heavy atom. The largest absolute Gasteiger partial charge is 0.338 e. The predicted molar refractivity (Wildman–Crippen MR) is 89.3 cm³/mol. The summed E-state index contributed by atoms with van der Waals surface area (Å²) in [6, 6.07) is 3.06. The molecule has 6 nitrogen and oxygen atoms in total. The maximum Gasteiger partial charge on any atom is 0.254 e. The molecule has 0 aromatic heterocycles. The summed E-state index contributed by atoms with van der Waals surface area (Å²) >= 11 is 0. The molecular weight excluding hydrogens is 344 g/mol. The van der Waals surface area contributed by atoms with Crippen LogP contribution in [0.1, 0.15) is 29.6 Å². The number of halogens is 2. The van der Waals surface area contributed by atoms with Crippen molar-refractivity contribution in [2.75, 3.05) is 39.3 Å². The molecule has 1 aromatic carbocycles. The van der Waals surface area contributed by atoms with Gasteiger partial charge in [0.15, 0.2) is 11.6 Å². The van der Waals surface area contributed by atoms with Crippen LogP contribution in [0.5, 0.6) is 0 Å². The second-order valence-electron chi connectivity index (χ2n) is 6.57. The second kappa shape index (κ2) is 7.80. The molecule has 8 heteroatoms. The lowest BCUT2D eigenvalue weighted by Gasteiger charge is -2.36. The van der Waals surface area contributed by atoms with Gasteiger partial charge in [0.2, 0.25) is 11.8 Å². The fourth-order valence-electron chi connectivity index (χ4n) is 3.26. The van der Waals surface area contributed by atoms with Crippen LogP contribution in [0.2, 0.25) is 0 Å². The molecule has 3 rings (SSSR count). The van der Waals surface area contributed by atoms with Gasteiger partial charge in [0.1, 0.15) is 0 Å². The van der Waals surface area contributed by atoms with E-state index in [4.69, 9.17) is 0 Å². The summed E-state index contributed by atoms with van der Waals surface area (Å²) in [5.74, 6) is -2.56. The number of carbonyl (C=O) groups is 3. The zero-order valence-electron chi connectivity index (χ0n) is 14.4. The molecule has 0 aliphatic carbocycles. The van der Waals surface area contributed by atoms with Crippen LogP contribution >= 0.6 is 0 Å². The summed E-state index contributed by atoms with van der Waals surface area (Å²) in [6.07, 6.45) is 2.27. The molecule has 2 saturated heterocycles. The maximum atomic E-state index is 13.3. The monoisotopic (exact) mass is 365 g/mol. The molecule has 2 fully saturated rings. The number of carbonyl (C=O) groups excluding carboxylic acids is 3. The Morgan fingerprint density at radius 3 is 2.27 bits per heavy atom. The lowest BCUT2D eigenvalue weighted by atomic mass is 10.1. The van der Waals surface area contributed by atoms with E-state index in [1.54, 1.807) is 9.80 Å². The summed E-state index contributed by atoms with van der Waals surface area (Å²) in [5.41, 5.74) is 0.0857. The highest BCUT2D eigenvalue weighted by Crippen LogP contribution is 2.14. The molecular formula is C18H21F2N3O3. The van der Waals surface area contributed by atoms with E-state index in [0.29, 0.717) is 39.1 Å². The van der Waals surface area contributed by atoms with Gasteiger partial charge >= 0.3 is 0 Å². The van der Waals surface area contributed by atoms with Gasteiger partial charge in [-0.1, -0.05) is 0 Å². The zero-order chi connectivity index (χ0) is 18.7. The molecule has 0 unspecified atom stereocenters. The first-order valence-electron chi connectivity index (χ1n) is 8.75. The molecule has 0 spiro atoms. The first kappa shape index (κ1) is 18.3. The van der Waals surface area contributed by atoms with Gasteiger partial charge < -0.3 is 14.7 Å². The highest BCUT2D eigenvalue weighted by atomic mass is 19.2. The number of rotatable bonds is 3. The van der Waals surface area contributed by atoms with Gasteiger partial charge in [-0.3, -0.25) is 14.4 Å². The quantitative estimate of drug-likeness (QED) is 0.810. The number of piperidine rings is 1. The van der Waals surface area contributed by atoms with Crippen LogP contribution < -0.4 is 0 Å². The highest BCUT2D eigenvalue weighted by molar-refractivity contribution is 5.94. The van der Waals surface area contributed by atoms with E-state index in [0.717, 1.165) is 25.0 Å². The summed E-state index contributed by atoms with van der Waals surface area (Å²) in [7, 11) is 0. The molecule has 0 radical (unpaired) electrons. The van der Waals surface area contributed by atoms with Crippen molar-refractivity contribution in [1.82, 2.24) is 14.7 Å². The van der Waals surface area contributed by atoms with Crippen molar-refractivity contribution in [3.8, 4) is 0 Å². The van der Waals surface area contributed by atoms with Crippen LogP contribution in [-0.2, 0) is 9.59 Å². The number of likely N-dealkylation sites (tertiary alicyclic amines) is 1. The molecule has 0 saturated carbocycles. The maximum absolute atomic E-state index is 13.3. The summed E-state index contributed by atoms with van der Waals surface area (Å²) in [6.45, 7) is 2.04. The first-order chi connectivity index (χ1) is 12.5. The van der Waals surface area contributed by atoms with Gasteiger partial charge in [0.25, 0.3) is 5.91 Å². The number of nitrogens with zero attached hydrogens (tertiary/aromatic N) is 3. The van der Waals surface area contributed by atoms with Crippen molar-refractivity contribution < 1.29 is 23.2 Å². The third-order valence-corrected chi connectivity index (χ3v) is 4.83. The van der Waals surface area contributed by atoms with Crippen LogP contribution in [0.15, 0.2) is 18.2 Å². The molecule has 0 bridgehead atoms. The average molecular weight is 365 g/mol. The van der Waals surface area contributed by atoms with Crippen molar-refractivity contribution >= 4 is 17.7 Å². The van der Waals surface area contributed by atoms with Gasteiger partial charge in [-0.2, -0.15) is 0 Å². The Balaban J connectivity index is 1.53. The third-order valence-electron chi connectivity index (χ3n) is 4.83. The Kier molecular flexibility index (Phi) is 5.49. The Morgan fingerprint density at radius 2 is 1.62 bits per heavy atom. The standard InChI is InChI=1S/C18H21F2N3O3/c19-14-5-4-13(11-15(14)20)18(26)22-9-7-21(8-10-22)17(25)12-23-6-2-1-3-16(23)24/h4-5,11H,1-3,6-10,12H2. The Hall–Kier alpha value is -2.51. The normalized spacial score (nSPS) is 18.2. The van der Waals surface area contributed by atoms with Gasteiger partial charge in [-0.05, 0) is 31.0 Å². The summed E-state index contributed by atoms with van der Waals surface area (Å²) < 4.78 is 26.3. The molecule has 26 heavy (non-hydrogen) atoms. The molecule has 2 aliphatic heterocycles. The number of amides is 3. The van der Waals surface area contributed by atoms with Gasteiger partial charge in [0.05, 0.1) is 6.54 Å². The minimum Gasteiger partial charge on any atom is -0.338 e. The fourth-order valence-corrected chi connectivity index (χ4v) is 3.26. The highest BCUT2D eigenvalue weighted by Gasteiger charge is 2.28. The van der Waals surface area contributed by atoms with E-state index in [1.807, 2.05) is 0 Å². The number of hydrogen-bond acceptors (Lipinski definition) is 3. The van der Waals surface area contributed by atoms with Crippen LogP contribution in [0.3, 0.4) is 0 Å². The van der Waals surface area contributed by atoms with Crippen LogP contribution in [0, 0.1) is 11.6 Å². The molecule has 0 atom stereocenters. The second-order valence-corrected chi connectivity index (χ2v) is 6.57. The van der Waals surface area contributed by atoms with Crippen molar-refractivity contribution in [3.63, 3.8) is 0 Å². The summed E-state index contributed by atoms with van der Waals surface area (Å²) in [5, 5.41) is 0. The van der Waals surface area contributed by atoms with E-state index in [9.17, 15) is 23.2 Å². The third kappa shape index (κ3) is 4.00. The van der Waals surface area contributed by atoms with Crippen molar-refractivity contribution in [1.29, 1.82) is 0 Å². The van der Waals surface area contributed by atoms with Gasteiger partial charge in [0, 0.05) is 44.7 Å².